The van der Waals surface area contributed by atoms with Crippen LogP contribution in [0.15, 0.2) is 34.0 Å². The molecule has 1 fully saturated rings. The van der Waals surface area contributed by atoms with Gasteiger partial charge in [0.05, 0.1) is 17.6 Å². The number of carbonyl (C=O) groups is 2. The summed E-state index contributed by atoms with van der Waals surface area (Å²) in [6.45, 7) is 0.463. The molecule has 1 unspecified atom stereocenters. The SMILES string of the molecule is O=C(O)C1CCN(C(=O)Cn2cnc3scc(-c4cccs4)c3c2=O)C1. The van der Waals surface area contributed by atoms with E-state index in [1.54, 1.807) is 11.3 Å². The molecule has 0 aromatic carbocycles. The first-order chi connectivity index (χ1) is 12.5. The van der Waals surface area contributed by atoms with Gasteiger partial charge >= 0.3 is 5.97 Å². The van der Waals surface area contributed by atoms with Crippen molar-refractivity contribution in [2.75, 3.05) is 13.1 Å². The lowest BCUT2D eigenvalue weighted by Crippen LogP contribution is -2.35. The molecule has 1 aliphatic rings. The molecule has 1 aliphatic heterocycles. The topological polar surface area (TPSA) is 92.5 Å². The van der Waals surface area contributed by atoms with Crippen LogP contribution in [0.3, 0.4) is 0 Å². The van der Waals surface area contributed by atoms with Gasteiger partial charge in [0.1, 0.15) is 11.4 Å². The highest BCUT2D eigenvalue weighted by atomic mass is 32.1. The van der Waals surface area contributed by atoms with Crippen molar-refractivity contribution in [2.45, 2.75) is 13.0 Å². The van der Waals surface area contributed by atoms with Gasteiger partial charge in [0.15, 0.2) is 0 Å². The fraction of sp³-hybridized carbons (Fsp3) is 0.294. The number of carboxylic acid groups (broad SMARTS) is 1. The Hall–Kier alpha value is -2.52. The van der Waals surface area contributed by atoms with Crippen molar-refractivity contribution in [1.29, 1.82) is 0 Å². The summed E-state index contributed by atoms with van der Waals surface area (Å²) in [5.74, 6) is -1.68. The number of carbonyl (C=O) groups excluding carboxylic acids is 1. The van der Waals surface area contributed by atoms with Crippen molar-refractivity contribution in [3.63, 3.8) is 0 Å². The van der Waals surface area contributed by atoms with E-state index < -0.39 is 11.9 Å². The molecule has 134 valence electrons. The van der Waals surface area contributed by atoms with Gasteiger partial charge < -0.3 is 10.0 Å². The van der Waals surface area contributed by atoms with Crippen molar-refractivity contribution in [2.24, 2.45) is 5.92 Å². The van der Waals surface area contributed by atoms with E-state index in [0.29, 0.717) is 23.2 Å². The second-order valence-electron chi connectivity index (χ2n) is 6.15. The third-order valence-corrected chi connectivity index (χ3v) is 6.33. The number of aliphatic carboxylic acids is 1. The van der Waals surface area contributed by atoms with Gasteiger partial charge in [-0.1, -0.05) is 6.07 Å². The molecule has 1 amide bonds. The summed E-state index contributed by atoms with van der Waals surface area (Å²) in [5, 5.41) is 13.4. The number of rotatable bonds is 4. The average Bonchev–Trinajstić information content (AvgIpc) is 3.37. The summed E-state index contributed by atoms with van der Waals surface area (Å²) in [6, 6.07) is 3.87. The molecule has 1 N–H and O–H groups in total. The number of hydrogen-bond donors (Lipinski definition) is 1. The zero-order valence-corrected chi connectivity index (χ0v) is 15.3. The highest BCUT2D eigenvalue weighted by Gasteiger charge is 2.31. The molecule has 4 heterocycles. The number of aromatic nitrogens is 2. The van der Waals surface area contributed by atoms with E-state index in [9.17, 15) is 14.4 Å². The number of nitrogens with zero attached hydrogens (tertiary/aromatic N) is 3. The standard InChI is InChI=1S/C17H15N3O4S2/c21-13(19-4-3-10(6-19)17(23)24)7-20-9-18-15-14(16(20)22)11(8-26-15)12-2-1-5-25-12/h1-2,5,8-10H,3-4,6-7H2,(H,23,24). The number of likely N-dealkylation sites (tertiary alicyclic amines) is 1. The largest absolute Gasteiger partial charge is 0.481 e. The molecule has 0 radical (unpaired) electrons. The molecule has 4 rings (SSSR count). The van der Waals surface area contributed by atoms with Gasteiger partial charge in [-0.15, -0.1) is 22.7 Å². The molecule has 9 heteroatoms. The Balaban J connectivity index is 1.62. The summed E-state index contributed by atoms with van der Waals surface area (Å²) < 4.78 is 1.31. The molecule has 1 atom stereocenters. The van der Waals surface area contributed by atoms with Gasteiger partial charge in [0.2, 0.25) is 5.91 Å². The van der Waals surface area contributed by atoms with Crippen LogP contribution in [0.5, 0.6) is 0 Å². The Kier molecular flexibility index (Phi) is 4.33. The normalized spacial score (nSPS) is 17.1. The molecule has 1 saturated heterocycles. The van der Waals surface area contributed by atoms with Gasteiger partial charge in [-0.3, -0.25) is 19.0 Å². The molecule has 3 aromatic rings. The maximum absolute atomic E-state index is 12.9. The third kappa shape index (κ3) is 2.93. The van der Waals surface area contributed by atoms with E-state index in [1.165, 1.54) is 27.1 Å². The highest BCUT2D eigenvalue weighted by molar-refractivity contribution is 7.18. The minimum atomic E-state index is -0.889. The lowest BCUT2D eigenvalue weighted by atomic mass is 10.1. The summed E-state index contributed by atoms with van der Waals surface area (Å²) >= 11 is 2.95. The van der Waals surface area contributed by atoms with Crippen LogP contribution in [0.2, 0.25) is 0 Å². The average molecular weight is 389 g/mol. The number of thiophene rings is 2. The molecule has 26 heavy (non-hydrogen) atoms. The van der Waals surface area contributed by atoms with Gasteiger partial charge in [0, 0.05) is 28.9 Å². The second kappa shape index (κ2) is 6.65. The monoisotopic (exact) mass is 389 g/mol. The fourth-order valence-electron chi connectivity index (χ4n) is 3.13. The van der Waals surface area contributed by atoms with Gasteiger partial charge in [0.25, 0.3) is 5.56 Å². The summed E-state index contributed by atoms with van der Waals surface area (Å²) in [7, 11) is 0. The number of fused-ring (bicyclic) bond motifs is 1. The van der Waals surface area contributed by atoms with Gasteiger partial charge in [-0.05, 0) is 17.9 Å². The molecule has 3 aromatic heterocycles. The summed E-state index contributed by atoms with van der Waals surface area (Å²) in [6.07, 6.45) is 1.84. The smallest absolute Gasteiger partial charge is 0.308 e. The van der Waals surface area contributed by atoms with Gasteiger partial charge in [-0.2, -0.15) is 0 Å². The maximum atomic E-state index is 12.9. The fourth-order valence-corrected chi connectivity index (χ4v) is 4.85. The maximum Gasteiger partial charge on any atom is 0.308 e. The van der Waals surface area contributed by atoms with Crippen LogP contribution in [0.1, 0.15) is 6.42 Å². The molecule has 7 nitrogen and oxygen atoms in total. The first kappa shape index (κ1) is 16.9. The Morgan fingerprint density at radius 1 is 1.35 bits per heavy atom. The highest BCUT2D eigenvalue weighted by Crippen LogP contribution is 2.33. The zero-order chi connectivity index (χ0) is 18.3. The van der Waals surface area contributed by atoms with Crippen LogP contribution >= 0.6 is 22.7 Å². The van der Waals surface area contributed by atoms with Gasteiger partial charge in [-0.25, -0.2) is 4.98 Å². The van der Waals surface area contributed by atoms with E-state index in [1.807, 2.05) is 22.9 Å². The minimum Gasteiger partial charge on any atom is -0.481 e. The summed E-state index contributed by atoms with van der Waals surface area (Å²) in [4.78, 5) is 43.9. The second-order valence-corrected chi connectivity index (χ2v) is 7.95. The Morgan fingerprint density at radius 3 is 2.88 bits per heavy atom. The van der Waals surface area contributed by atoms with Crippen molar-refractivity contribution >= 4 is 44.8 Å². The van der Waals surface area contributed by atoms with E-state index >= 15 is 0 Å². The molecule has 0 spiro atoms. The van der Waals surface area contributed by atoms with E-state index in [-0.39, 0.29) is 24.6 Å². The molecular weight excluding hydrogens is 374 g/mol. The number of amides is 1. The number of hydrogen-bond acceptors (Lipinski definition) is 6. The van der Waals surface area contributed by atoms with E-state index in [4.69, 9.17) is 5.11 Å². The quantitative estimate of drug-likeness (QED) is 0.738. The van der Waals surface area contributed by atoms with Crippen LogP contribution in [0.4, 0.5) is 0 Å². The van der Waals surface area contributed by atoms with E-state index in [0.717, 1.165) is 10.4 Å². The first-order valence-electron chi connectivity index (χ1n) is 8.05. The molecular formula is C17H15N3O4S2. The minimum absolute atomic E-state index is 0.131. The van der Waals surface area contributed by atoms with Crippen molar-refractivity contribution in [3.05, 3.63) is 39.6 Å². The van der Waals surface area contributed by atoms with Crippen LogP contribution in [0, 0.1) is 5.92 Å². The van der Waals surface area contributed by atoms with Crippen LogP contribution in [0.25, 0.3) is 20.7 Å². The Labute approximate surface area is 156 Å². The number of carboxylic acids is 1. The Bertz CT molecular complexity index is 1040. The first-order valence-corrected chi connectivity index (χ1v) is 9.81. The molecule has 0 saturated carbocycles. The van der Waals surface area contributed by atoms with Crippen molar-refractivity contribution in [3.8, 4) is 10.4 Å². The Morgan fingerprint density at radius 2 is 2.19 bits per heavy atom. The van der Waals surface area contributed by atoms with Crippen molar-refractivity contribution < 1.29 is 14.7 Å². The zero-order valence-electron chi connectivity index (χ0n) is 13.6. The summed E-state index contributed by atoms with van der Waals surface area (Å²) in [5.41, 5.74) is 0.591. The van der Waals surface area contributed by atoms with Crippen LogP contribution in [-0.2, 0) is 16.1 Å². The third-order valence-electron chi connectivity index (χ3n) is 4.54. The van der Waals surface area contributed by atoms with E-state index in [2.05, 4.69) is 4.98 Å². The molecule has 0 aliphatic carbocycles. The van der Waals surface area contributed by atoms with Crippen LogP contribution in [-0.4, -0.2) is 44.5 Å². The molecule has 0 bridgehead atoms. The lowest BCUT2D eigenvalue weighted by Gasteiger charge is -2.16. The predicted octanol–water partition coefficient (Wildman–Crippen LogP) is 2.12. The lowest BCUT2D eigenvalue weighted by molar-refractivity contribution is -0.141. The predicted molar refractivity (Wildman–Crippen MR) is 99.5 cm³/mol. The van der Waals surface area contributed by atoms with Crippen molar-refractivity contribution in [1.82, 2.24) is 14.5 Å². The van der Waals surface area contributed by atoms with Crippen LogP contribution < -0.4 is 5.56 Å².